The zero-order valence-electron chi connectivity index (χ0n) is 18.9. The molecule has 0 saturated carbocycles. The van der Waals surface area contributed by atoms with Gasteiger partial charge in [-0.1, -0.05) is 44.2 Å². The number of benzene rings is 2. The predicted octanol–water partition coefficient (Wildman–Crippen LogP) is 4.69. The van der Waals surface area contributed by atoms with Gasteiger partial charge in [-0.15, -0.1) is 0 Å². The molecule has 1 unspecified atom stereocenters. The molecule has 2 heterocycles. The van der Waals surface area contributed by atoms with Crippen LogP contribution < -0.4 is 4.74 Å². The number of amides is 1. The molecular formula is C26H27NO6. The number of methoxy groups -OCH3 is 1. The van der Waals surface area contributed by atoms with E-state index in [4.69, 9.17) is 13.9 Å². The largest absolute Gasteiger partial charge is 0.503 e. The normalized spacial score (nSPS) is 16.3. The van der Waals surface area contributed by atoms with E-state index in [9.17, 15) is 14.7 Å². The van der Waals surface area contributed by atoms with Crippen molar-refractivity contribution in [1.82, 2.24) is 4.90 Å². The number of furan rings is 1. The molecule has 1 aliphatic rings. The zero-order chi connectivity index (χ0) is 23.5. The summed E-state index contributed by atoms with van der Waals surface area (Å²) < 4.78 is 16.7. The van der Waals surface area contributed by atoms with Crippen LogP contribution in [0.5, 0.6) is 5.75 Å². The Hall–Kier alpha value is -3.58. The number of ketones is 1. The molecule has 2 aromatic carbocycles. The Labute approximate surface area is 192 Å². The minimum Gasteiger partial charge on any atom is -0.503 e. The summed E-state index contributed by atoms with van der Waals surface area (Å²) in [6, 6.07) is 15.3. The second-order valence-corrected chi connectivity index (χ2v) is 8.41. The summed E-state index contributed by atoms with van der Waals surface area (Å²) in [5.74, 6) is -0.691. The molecule has 0 saturated heterocycles. The highest BCUT2D eigenvalue weighted by molar-refractivity contribution is 6.16. The van der Waals surface area contributed by atoms with E-state index in [2.05, 4.69) is 13.8 Å². The minimum atomic E-state index is -0.795. The molecular weight excluding hydrogens is 422 g/mol. The fourth-order valence-corrected chi connectivity index (χ4v) is 3.92. The van der Waals surface area contributed by atoms with E-state index in [1.807, 2.05) is 36.4 Å². The number of nitrogens with zero attached hydrogens (tertiary/aromatic N) is 1. The molecule has 0 bridgehead atoms. The Bertz CT molecular complexity index is 1180. The minimum absolute atomic E-state index is 0.0174. The summed E-state index contributed by atoms with van der Waals surface area (Å²) in [4.78, 5) is 27.9. The highest BCUT2D eigenvalue weighted by Crippen LogP contribution is 2.40. The summed E-state index contributed by atoms with van der Waals surface area (Å²) in [5, 5.41) is 11.5. The maximum Gasteiger partial charge on any atom is 0.290 e. The average Bonchev–Trinajstić information content (AvgIpc) is 3.35. The molecule has 7 heteroatoms. The van der Waals surface area contributed by atoms with Crippen LogP contribution in [0.2, 0.25) is 0 Å². The summed E-state index contributed by atoms with van der Waals surface area (Å²) in [5.41, 5.74) is 1.20. The van der Waals surface area contributed by atoms with E-state index < -0.39 is 23.5 Å². The molecule has 1 N–H and O–H groups in total. The average molecular weight is 450 g/mol. The van der Waals surface area contributed by atoms with Gasteiger partial charge in [0.25, 0.3) is 5.91 Å². The van der Waals surface area contributed by atoms with Crippen LogP contribution in [-0.2, 0) is 9.53 Å². The van der Waals surface area contributed by atoms with Gasteiger partial charge in [0.1, 0.15) is 11.3 Å². The number of carbonyl (C=O) groups is 2. The Balaban J connectivity index is 1.75. The number of ether oxygens (including phenoxy) is 2. The first-order chi connectivity index (χ1) is 15.9. The number of aliphatic hydroxyl groups excluding tert-OH is 1. The lowest BCUT2D eigenvalue weighted by atomic mass is 9.95. The summed E-state index contributed by atoms with van der Waals surface area (Å²) in [6.07, 6.45) is 0. The van der Waals surface area contributed by atoms with Gasteiger partial charge >= 0.3 is 0 Å². The summed E-state index contributed by atoms with van der Waals surface area (Å²) in [7, 11) is 1.53. The second kappa shape index (κ2) is 9.50. The van der Waals surface area contributed by atoms with Gasteiger partial charge in [0, 0.05) is 19.0 Å². The van der Waals surface area contributed by atoms with Crippen molar-refractivity contribution in [2.24, 2.45) is 5.92 Å². The molecule has 0 aliphatic carbocycles. The van der Waals surface area contributed by atoms with Crippen LogP contribution in [0.4, 0.5) is 0 Å². The molecule has 1 amide bonds. The third kappa shape index (κ3) is 4.50. The summed E-state index contributed by atoms with van der Waals surface area (Å²) >= 11 is 0. The van der Waals surface area contributed by atoms with Crippen molar-refractivity contribution in [2.75, 3.05) is 26.9 Å². The van der Waals surface area contributed by atoms with Gasteiger partial charge in [0.15, 0.2) is 11.5 Å². The van der Waals surface area contributed by atoms with Gasteiger partial charge in [-0.25, -0.2) is 0 Å². The van der Waals surface area contributed by atoms with E-state index in [0.717, 1.165) is 5.39 Å². The highest BCUT2D eigenvalue weighted by Gasteiger charge is 2.44. The number of Topliss-reactive ketones (excluding diaryl/α,β-unsaturated/α-hetero) is 1. The molecule has 33 heavy (non-hydrogen) atoms. The highest BCUT2D eigenvalue weighted by atomic mass is 16.5. The molecule has 0 radical (unpaired) electrons. The molecule has 3 aromatic rings. The molecule has 0 fully saturated rings. The van der Waals surface area contributed by atoms with E-state index in [-0.39, 0.29) is 24.5 Å². The number of hydrogen-bond donors (Lipinski definition) is 1. The Kier molecular flexibility index (Phi) is 6.51. The van der Waals surface area contributed by atoms with Gasteiger partial charge in [0.05, 0.1) is 24.8 Å². The third-order valence-electron chi connectivity index (χ3n) is 5.49. The maximum absolute atomic E-state index is 13.5. The van der Waals surface area contributed by atoms with Crippen molar-refractivity contribution in [3.05, 3.63) is 77.3 Å². The van der Waals surface area contributed by atoms with Gasteiger partial charge in [-0.05, 0) is 35.7 Å². The molecule has 0 spiro atoms. The monoisotopic (exact) mass is 449 g/mol. The SMILES string of the molecule is COCCN1C(=O)C(O)=C(C(=O)c2cc3ccccc3o2)C1c1cccc(OCC(C)C)c1. The van der Waals surface area contributed by atoms with E-state index in [1.54, 1.807) is 18.2 Å². The molecule has 1 atom stereocenters. The number of hydrogen-bond acceptors (Lipinski definition) is 6. The molecule has 4 rings (SSSR count). The number of rotatable bonds is 9. The lowest BCUT2D eigenvalue weighted by molar-refractivity contribution is -0.130. The lowest BCUT2D eigenvalue weighted by Gasteiger charge is -2.26. The van der Waals surface area contributed by atoms with E-state index >= 15 is 0 Å². The van der Waals surface area contributed by atoms with E-state index in [1.165, 1.54) is 12.0 Å². The van der Waals surface area contributed by atoms with Crippen molar-refractivity contribution < 1.29 is 28.6 Å². The maximum atomic E-state index is 13.5. The van der Waals surface area contributed by atoms with Crippen molar-refractivity contribution >= 4 is 22.7 Å². The van der Waals surface area contributed by atoms with E-state index in [0.29, 0.717) is 29.4 Å². The van der Waals surface area contributed by atoms with Crippen LogP contribution in [0, 0.1) is 5.92 Å². The standard InChI is InChI=1S/C26H27NO6/c1-16(2)15-32-19-9-6-8-18(13-19)23-22(25(29)26(30)27(23)11-12-31-3)24(28)21-14-17-7-4-5-10-20(17)33-21/h4-10,13-14,16,23,29H,11-12,15H2,1-3H3. The Morgan fingerprint density at radius 3 is 2.67 bits per heavy atom. The molecule has 172 valence electrons. The lowest BCUT2D eigenvalue weighted by Crippen LogP contribution is -2.34. The predicted molar refractivity (Wildman–Crippen MR) is 123 cm³/mol. The van der Waals surface area contributed by atoms with Crippen molar-refractivity contribution in [3.63, 3.8) is 0 Å². The smallest absolute Gasteiger partial charge is 0.290 e. The van der Waals surface area contributed by atoms with Crippen LogP contribution in [0.1, 0.15) is 36.0 Å². The first-order valence-electron chi connectivity index (χ1n) is 10.9. The van der Waals surface area contributed by atoms with Gasteiger partial charge in [-0.3, -0.25) is 9.59 Å². The first-order valence-corrected chi connectivity index (χ1v) is 10.9. The quantitative estimate of drug-likeness (QED) is 0.477. The number of carbonyl (C=O) groups excluding carboxylic acids is 2. The van der Waals surface area contributed by atoms with Crippen molar-refractivity contribution in [3.8, 4) is 5.75 Å². The fraction of sp³-hybridized carbons (Fsp3) is 0.308. The topological polar surface area (TPSA) is 89.2 Å². The second-order valence-electron chi connectivity index (χ2n) is 8.41. The fourth-order valence-electron chi connectivity index (χ4n) is 3.92. The van der Waals surface area contributed by atoms with Crippen LogP contribution in [0.3, 0.4) is 0 Å². The summed E-state index contributed by atoms with van der Waals surface area (Å²) in [6.45, 7) is 5.10. The zero-order valence-corrected chi connectivity index (χ0v) is 18.9. The van der Waals surface area contributed by atoms with Crippen LogP contribution >= 0.6 is 0 Å². The van der Waals surface area contributed by atoms with Crippen LogP contribution in [0.15, 0.2) is 70.3 Å². The van der Waals surface area contributed by atoms with Crippen molar-refractivity contribution in [1.29, 1.82) is 0 Å². The van der Waals surface area contributed by atoms with Crippen LogP contribution in [0.25, 0.3) is 11.0 Å². The number of aliphatic hydroxyl groups is 1. The number of para-hydroxylation sites is 1. The Morgan fingerprint density at radius 2 is 1.94 bits per heavy atom. The van der Waals surface area contributed by atoms with Crippen molar-refractivity contribution in [2.45, 2.75) is 19.9 Å². The molecule has 1 aromatic heterocycles. The first kappa shape index (κ1) is 22.6. The van der Waals surface area contributed by atoms with Gasteiger partial charge < -0.3 is 23.9 Å². The van der Waals surface area contributed by atoms with Gasteiger partial charge in [0.2, 0.25) is 5.78 Å². The van der Waals surface area contributed by atoms with Crippen LogP contribution in [-0.4, -0.2) is 48.6 Å². The molecule has 7 nitrogen and oxygen atoms in total. The number of fused-ring (bicyclic) bond motifs is 1. The third-order valence-corrected chi connectivity index (χ3v) is 5.49. The van der Waals surface area contributed by atoms with Gasteiger partial charge in [-0.2, -0.15) is 0 Å². The molecule has 1 aliphatic heterocycles. The Morgan fingerprint density at radius 1 is 1.15 bits per heavy atom.